The summed E-state index contributed by atoms with van der Waals surface area (Å²) in [5.41, 5.74) is 8.55. The monoisotopic (exact) mass is 668 g/mol. The van der Waals surface area contributed by atoms with Crippen molar-refractivity contribution in [3.8, 4) is 28.7 Å². The second-order valence-corrected chi connectivity index (χ2v) is 13.1. The summed E-state index contributed by atoms with van der Waals surface area (Å²) in [6.07, 6.45) is 0. The summed E-state index contributed by atoms with van der Waals surface area (Å²) in [4.78, 5) is 15.9. The third-order valence-corrected chi connectivity index (χ3v) is 10.3. The molecule has 0 fully saturated rings. The van der Waals surface area contributed by atoms with Gasteiger partial charge in [-0.05, 0) is 48.5 Å². The van der Waals surface area contributed by atoms with Gasteiger partial charge in [0.25, 0.3) is 0 Å². The van der Waals surface area contributed by atoms with Crippen LogP contribution in [0.15, 0.2) is 159 Å². The second-order valence-electron chi connectivity index (χ2n) is 13.1. The lowest BCUT2D eigenvalue weighted by Gasteiger charge is -2.12. The van der Waals surface area contributed by atoms with E-state index < -0.39 is 0 Å². The van der Waals surface area contributed by atoms with Crippen molar-refractivity contribution in [1.29, 1.82) is 0 Å². The van der Waals surface area contributed by atoms with E-state index in [1.807, 2.05) is 78.9 Å². The van der Waals surface area contributed by atoms with Crippen LogP contribution in [0, 0.1) is 0 Å². The molecule has 12 rings (SSSR count). The van der Waals surface area contributed by atoms with E-state index in [1.54, 1.807) is 0 Å². The van der Waals surface area contributed by atoms with E-state index in [4.69, 9.17) is 28.2 Å². The molecule has 52 heavy (non-hydrogen) atoms. The van der Waals surface area contributed by atoms with Gasteiger partial charge in [-0.2, -0.15) is 9.97 Å². The fourth-order valence-electron chi connectivity index (χ4n) is 8.12. The number of hydrogen-bond acceptors (Lipinski definition) is 6. The molecule has 0 radical (unpaired) electrons. The van der Waals surface area contributed by atoms with E-state index in [0.29, 0.717) is 17.6 Å². The van der Waals surface area contributed by atoms with Crippen molar-refractivity contribution in [1.82, 2.24) is 19.5 Å². The molecule has 7 aromatic carbocycles. The highest BCUT2D eigenvalue weighted by atomic mass is 16.3. The average Bonchev–Trinajstić information content (AvgIpc) is 3.96. The molecule has 0 spiro atoms. The smallest absolute Gasteiger partial charge is 0.238 e. The summed E-state index contributed by atoms with van der Waals surface area (Å²) in [5, 5.41) is 8.25. The van der Waals surface area contributed by atoms with Gasteiger partial charge in [-0.3, -0.25) is 4.57 Å². The lowest BCUT2D eigenvalue weighted by atomic mass is 10.0. The Hall–Kier alpha value is -7.25. The molecule has 242 valence electrons. The van der Waals surface area contributed by atoms with Crippen LogP contribution in [0.3, 0.4) is 0 Å². The maximum absolute atomic E-state index is 6.35. The third-order valence-electron chi connectivity index (χ3n) is 10.3. The molecule has 0 bridgehead atoms. The van der Waals surface area contributed by atoms with Gasteiger partial charge in [0.15, 0.2) is 11.6 Å². The topological polar surface area (TPSA) is 83.0 Å². The first-order chi connectivity index (χ1) is 25.8. The van der Waals surface area contributed by atoms with Gasteiger partial charge in [0, 0.05) is 54.2 Å². The summed E-state index contributed by atoms with van der Waals surface area (Å²) in [7, 11) is 0. The number of para-hydroxylation sites is 4. The van der Waals surface area contributed by atoms with Crippen LogP contribution in [0.4, 0.5) is 0 Å². The van der Waals surface area contributed by atoms with Gasteiger partial charge in [0.2, 0.25) is 5.95 Å². The lowest BCUT2D eigenvalue weighted by molar-refractivity contribution is 0.668. The Kier molecular flexibility index (Phi) is 5.38. The Morgan fingerprint density at radius 3 is 1.37 bits per heavy atom. The van der Waals surface area contributed by atoms with Crippen LogP contribution < -0.4 is 0 Å². The van der Waals surface area contributed by atoms with Crippen molar-refractivity contribution < 1.29 is 13.3 Å². The Balaban J connectivity index is 1.23. The Labute approximate surface area is 294 Å². The Morgan fingerprint density at radius 1 is 0.327 bits per heavy atom. The molecule has 0 aliphatic carbocycles. The molecule has 5 aromatic heterocycles. The number of furan rings is 3. The molecule has 0 aliphatic rings. The molecule has 7 nitrogen and oxygen atoms in total. The molecule has 0 N–H and O–H groups in total. The molecule has 0 aliphatic heterocycles. The Morgan fingerprint density at radius 2 is 0.788 bits per heavy atom. The van der Waals surface area contributed by atoms with Gasteiger partial charge in [0.1, 0.15) is 33.5 Å². The quantitative estimate of drug-likeness (QED) is 0.186. The van der Waals surface area contributed by atoms with E-state index in [2.05, 4.69) is 71.3 Å². The minimum absolute atomic E-state index is 0.507. The molecule has 0 saturated carbocycles. The number of rotatable bonds is 3. The minimum atomic E-state index is 0.507. The molecular formula is C45H24N4O3. The van der Waals surface area contributed by atoms with Crippen LogP contribution in [-0.4, -0.2) is 19.5 Å². The van der Waals surface area contributed by atoms with Crippen molar-refractivity contribution in [2.24, 2.45) is 0 Å². The van der Waals surface area contributed by atoms with E-state index in [1.165, 1.54) is 0 Å². The molecule has 0 unspecified atom stereocenters. The SMILES string of the molecule is c1ccc2c(c1)oc1cccc(-c3nc(-c4cccc5oc6ccccc6c45)nc(-n4c5ccccc5c5c6c(ccc54)oc4ccccc46)n3)c12. The molecule has 0 atom stereocenters. The minimum Gasteiger partial charge on any atom is -0.456 e. The van der Waals surface area contributed by atoms with Crippen LogP contribution in [-0.2, 0) is 0 Å². The van der Waals surface area contributed by atoms with Crippen molar-refractivity contribution in [3.63, 3.8) is 0 Å². The summed E-state index contributed by atoms with van der Waals surface area (Å²) < 4.78 is 21.1. The van der Waals surface area contributed by atoms with Crippen LogP contribution in [0.5, 0.6) is 0 Å². The highest BCUT2D eigenvalue weighted by Crippen LogP contribution is 2.42. The van der Waals surface area contributed by atoms with Gasteiger partial charge in [-0.25, -0.2) is 4.98 Å². The third kappa shape index (κ3) is 3.71. The highest BCUT2D eigenvalue weighted by molar-refractivity contribution is 6.27. The molecule has 12 aromatic rings. The summed E-state index contributed by atoms with van der Waals surface area (Å²) in [6.45, 7) is 0. The zero-order valence-corrected chi connectivity index (χ0v) is 27.4. The van der Waals surface area contributed by atoms with E-state index in [0.717, 1.165) is 98.7 Å². The number of hydrogen-bond donors (Lipinski definition) is 0. The first-order valence-electron chi connectivity index (χ1n) is 17.2. The molecule has 5 heterocycles. The summed E-state index contributed by atoms with van der Waals surface area (Å²) >= 11 is 0. The van der Waals surface area contributed by atoms with Gasteiger partial charge < -0.3 is 13.3 Å². The predicted octanol–water partition coefficient (Wildman–Crippen LogP) is 12.0. The van der Waals surface area contributed by atoms with Crippen molar-refractivity contribution in [2.75, 3.05) is 0 Å². The number of aromatic nitrogens is 4. The van der Waals surface area contributed by atoms with Crippen molar-refractivity contribution >= 4 is 87.6 Å². The summed E-state index contributed by atoms with van der Waals surface area (Å²) in [6, 6.07) is 49.1. The fraction of sp³-hybridized carbons (Fsp3) is 0. The summed E-state index contributed by atoms with van der Waals surface area (Å²) in [5.74, 6) is 1.60. The average molecular weight is 669 g/mol. The predicted molar refractivity (Wildman–Crippen MR) is 207 cm³/mol. The second kappa shape index (κ2) is 10.2. The number of benzene rings is 7. The maximum Gasteiger partial charge on any atom is 0.238 e. The number of nitrogens with zero attached hydrogens (tertiary/aromatic N) is 4. The zero-order chi connectivity index (χ0) is 33.9. The van der Waals surface area contributed by atoms with Gasteiger partial charge in [-0.15, -0.1) is 0 Å². The molecule has 0 saturated heterocycles. The van der Waals surface area contributed by atoms with Gasteiger partial charge in [-0.1, -0.05) is 97.1 Å². The van der Waals surface area contributed by atoms with Crippen LogP contribution in [0.2, 0.25) is 0 Å². The first kappa shape index (κ1) is 27.6. The van der Waals surface area contributed by atoms with E-state index >= 15 is 0 Å². The Bertz CT molecular complexity index is 3300. The fourth-order valence-corrected chi connectivity index (χ4v) is 8.12. The van der Waals surface area contributed by atoms with Crippen molar-refractivity contribution in [2.45, 2.75) is 0 Å². The molecular weight excluding hydrogens is 645 g/mol. The van der Waals surface area contributed by atoms with Crippen LogP contribution in [0.1, 0.15) is 0 Å². The van der Waals surface area contributed by atoms with E-state index in [9.17, 15) is 0 Å². The van der Waals surface area contributed by atoms with Crippen LogP contribution in [0.25, 0.3) is 116 Å². The van der Waals surface area contributed by atoms with Crippen molar-refractivity contribution in [3.05, 3.63) is 146 Å². The largest absolute Gasteiger partial charge is 0.456 e. The van der Waals surface area contributed by atoms with Gasteiger partial charge in [0.05, 0.1) is 11.0 Å². The standard InChI is InChI=1S/C45H24N4O3/c1-5-17-31-25(11-1)41-32(23-24-38-42(41)28-14-4-8-20-35(28)52-38)49(31)45-47-43(29-15-9-21-36-39(29)26-12-2-6-18-33(26)50-36)46-44(48-45)30-16-10-22-37-40(30)27-13-3-7-19-34(27)51-37/h1-24H. The zero-order valence-electron chi connectivity index (χ0n) is 27.4. The van der Waals surface area contributed by atoms with Crippen LogP contribution >= 0.6 is 0 Å². The molecule has 7 heteroatoms. The molecule has 0 amide bonds. The first-order valence-corrected chi connectivity index (χ1v) is 17.2. The van der Waals surface area contributed by atoms with Gasteiger partial charge >= 0.3 is 0 Å². The number of fused-ring (bicyclic) bond motifs is 13. The highest BCUT2D eigenvalue weighted by Gasteiger charge is 2.24. The lowest BCUT2D eigenvalue weighted by Crippen LogP contribution is -2.06. The van der Waals surface area contributed by atoms with E-state index in [-0.39, 0.29) is 0 Å². The maximum atomic E-state index is 6.35. The normalized spacial score (nSPS) is 12.2.